The molecule has 0 fully saturated rings. The first-order chi connectivity index (χ1) is 8.90. The fourth-order valence-electron chi connectivity index (χ4n) is 1.68. The number of carbonyl (C=O) groups is 2. The standard InChI is InChI=1S/C13H17BrN2O3/c1-8(3-2-4-12(17)18)16-11-6-5-9(13(15)19)7-10(11)14/h5-8,16H,2-4H2,1H3,(H2,15,19)(H,17,18). The molecule has 19 heavy (non-hydrogen) atoms. The molecule has 1 unspecified atom stereocenters. The van der Waals surface area contributed by atoms with Crippen LogP contribution in [-0.4, -0.2) is 23.0 Å². The lowest BCUT2D eigenvalue weighted by Gasteiger charge is -2.16. The topological polar surface area (TPSA) is 92.4 Å². The van der Waals surface area contributed by atoms with Crippen LogP contribution in [0.4, 0.5) is 5.69 Å². The van der Waals surface area contributed by atoms with E-state index in [1.807, 2.05) is 6.92 Å². The maximum absolute atomic E-state index is 11.0. The Bertz CT molecular complexity index is 477. The zero-order valence-corrected chi connectivity index (χ0v) is 12.2. The number of hydrogen-bond donors (Lipinski definition) is 3. The Morgan fingerprint density at radius 2 is 2.16 bits per heavy atom. The molecule has 0 spiro atoms. The van der Waals surface area contributed by atoms with Crippen molar-refractivity contribution in [2.45, 2.75) is 32.2 Å². The van der Waals surface area contributed by atoms with E-state index in [0.717, 1.165) is 16.6 Å². The summed E-state index contributed by atoms with van der Waals surface area (Å²) < 4.78 is 0.758. The van der Waals surface area contributed by atoms with Gasteiger partial charge in [-0.05, 0) is 53.9 Å². The Hall–Kier alpha value is -1.56. The third-order valence-electron chi connectivity index (χ3n) is 2.68. The molecule has 0 bridgehead atoms. The molecular weight excluding hydrogens is 312 g/mol. The highest BCUT2D eigenvalue weighted by molar-refractivity contribution is 9.10. The van der Waals surface area contributed by atoms with E-state index in [1.54, 1.807) is 18.2 Å². The lowest BCUT2D eigenvalue weighted by Crippen LogP contribution is -2.16. The Morgan fingerprint density at radius 3 is 2.68 bits per heavy atom. The molecule has 0 aliphatic rings. The van der Waals surface area contributed by atoms with Crippen molar-refractivity contribution in [2.24, 2.45) is 5.73 Å². The van der Waals surface area contributed by atoms with Crippen molar-refractivity contribution in [2.75, 3.05) is 5.32 Å². The lowest BCUT2D eigenvalue weighted by molar-refractivity contribution is -0.137. The molecule has 0 aromatic heterocycles. The number of carbonyl (C=O) groups excluding carboxylic acids is 1. The number of benzene rings is 1. The van der Waals surface area contributed by atoms with Gasteiger partial charge in [-0.25, -0.2) is 0 Å². The molecule has 5 nitrogen and oxygen atoms in total. The average molecular weight is 329 g/mol. The van der Waals surface area contributed by atoms with E-state index in [9.17, 15) is 9.59 Å². The summed E-state index contributed by atoms with van der Waals surface area (Å²) in [7, 11) is 0. The zero-order valence-electron chi connectivity index (χ0n) is 10.6. The number of primary amides is 1. The van der Waals surface area contributed by atoms with Crippen LogP contribution in [0.3, 0.4) is 0 Å². The third-order valence-corrected chi connectivity index (χ3v) is 3.34. The van der Waals surface area contributed by atoms with Gasteiger partial charge in [-0.3, -0.25) is 9.59 Å². The van der Waals surface area contributed by atoms with Crippen molar-refractivity contribution in [3.05, 3.63) is 28.2 Å². The van der Waals surface area contributed by atoms with Crippen molar-refractivity contribution in [1.82, 2.24) is 0 Å². The molecular formula is C13H17BrN2O3. The third kappa shape index (κ3) is 5.30. The highest BCUT2D eigenvalue weighted by Crippen LogP contribution is 2.24. The van der Waals surface area contributed by atoms with Crippen LogP contribution in [0, 0.1) is 0 Å². The predicted molar refractivity (Wildman–Crippen MR) is 77.2 cm³/mol. The predicted octanol–water partition coefficient (Wildman–Crippen LogP) is 2.60. The molecule has 1 atom stereocenters. The van der Waals surface area contributed by atoms with E-state index in [1.165, 1.54) is 0 Å². The minimum atomic E-state index is -0.779. The van der Waals surface area contributed by atoms with Gasteiger partial charge in [0.1, 0.15) is 0 Å². The number of nitrogens with one attached hydrogen (secondary N) is 1. The molecule has 4 N–H and O–H groups in total. The number of hydrogen-bond acceptors (Lipinski definition) is 3. The Morgan fingerprint density at radius 1 is 1.47 bits per heavy atom. The van der Waals surface area contributed by atoms with Crippen LogP contribution in [-0.2, 0) is 4.79 Å². The lowest BCUT2D eigenvalue weighted by atomic mass is 10.1. The van der Waals surface area contributed by atoms with Gasteiger partial charge in [0.25, 0.3) is 0 Å². The highest BCUT2D eigenvalue weighted by atomic mass is 79.9. The smallest absolute Gasteiger partial charge is 0.303 e. The quantitative estimate of drug-likeness (QED) is 0.717. The van der Waals surface area contributed by atoms with E-state index in [-0.39, 0.29) is 12.5 Å². The van der Waals surface area contributed by atoms with Crippen molar-refractivity contribution in [1.29, 1.82) is 0 Å². The summed E-state index contributed by atoms with van der Waals surface area (Å²) in [4.78, 5) is 21.4. The van der Waals surface area contributed by atoms with E-state index in [4.69, 9.17) is 10.8 Å². The molecule has 0 radical (unpaired) electrons. The van der Waals surface area contributed by atoms with Crippen LogP contribution < -0.4 is 11.1 Å². The van der Waals surface area contributed by atoms with Gasteiger partial charge in [-0.1, -0.05) is 0 Å². The summed E-state index contributed by atoms with van der Waals surface area (Å²) in [5.74, 6) is -1.25. The van der Waals surface area contributed by atoms with Gasteiger partial charge in [0.15, 0.2) is 0 Å². The molecule has 1 amide bonds. The first kappa shape index (κ1) is 15.5. The molecule has 104 valence electrons. The SMILES string of the molecule is CC(CCCC(=O)O)Nc1ccc(C(N)=O)cc1Br. The van der Waals surface area contributed by atoms with Gasteiger partial charge < -0.3 is 16.2 Å². The summed E-state index contributed by atoms with van der Waals surface area (Å²) in [6.07, 6.45) is 1.56. The monoisotopic (exact) mass is 328 g/mol. The molecule has 6 heteroatoms. The summed E-state index contributed by atoms with van der Waals surface area (Å²) in [5, 5.41) is 11.8. The Balaban J connectivity index is 2.57. The number of carboxylic acid groups (broad SMARTS) is 1. The second-order valence-electron chi connectivity index (χ2n) is 4.39. The van der Waals surface area contributed by atoms with E-state index in [0.29, 0.717) is 12.0 Å². The summed E-state index contributed by atoms with van der Waals surface area (Å²) >= 11 is 3.37. The largest absolute Gasteiger partial charge is 0.481 e. The van der Waals surface area contributed by atoms with Crippen molar-refractivity contribution < 1.29 is 14.7 Å². The minimum absolute atomic E-state index is 0.148. The maximum Gasteiger partial charge on any atom is 0.303 e. The summed E-state index contributed by atoms with van der Waals surface area (Å²) in [6, 6.07) is 5.24. The first-order valence-corrected chi connectivity index (χ1v) is 6.77. The number of anilines is 1. The van der Waals surface area contributed by atoms with E-state index in [2.05, 4.69) is 21.2 Å². The molecule has 0 heterocycles. The number of aliphatic carboxylic acids is 1. The number of rotatable bonds is 7. The van der Waals surface area contributed by atoms with Crippen LogP contribution in [0.1, 0.15) is 36.5 Å². The maximum atomic E-state index is 11.0. The fourth-order valence-corrected chi connectivity index (χ4v) is 2.18. The van der Waals surface area contributed by atoms with E-state index >= 15 is 0 Å². The first-order valence-electron chi connectivity index (χ1n) is 5.98. The van der Waals surface area contributed by atoms with Crippen LogP contribution in [0.25, 0.3) is 0 Å². The summed E-state index contributed by atoms with van der Waals surface area (Å²) in [6.45, 7) is 1.98. The van der Waals surface area contributed by atoms with Crippen LogP contribution in [0.2, 0.25) is 0 Å². The fraction of sp³-hybridized carbons (Fsp3) is 0.385. The molecule has 0 saturated heterocycles. The number of amides is 1. The number of carboxylic acids is 1. The van der Waals surface area contributed by atoms with Crippen LogP contribution >= 0.6 is 15.9 Å². The molecule has 0 aliphatic heterocycles. The average Bonchev–Trinajstić information content (AvgIpc) is 2.31. The van der Waals surface area contributed by atoms with E-state index < -0.39 is 11.9 Å². The second kappa shape index (κ2) is 7.13. The number of halogens is 1. The Labute approximate surface area is 120 Å². The van der Waals surface area contributed by atoms with Gasteiger partial charge in [-0.15, -0.1) is 0 Å². The molecule has 0 saturated carbocycles. The number of nitrogens with two attached hydrogens (primary N) is 1. The molecule has 1 rings (SSSR count). The van der Waals surface area contributed by atoms with Gasteiger partial charge in [0.05, 0.1) is 0 Å². The minimum Gasteiger partial charge on any atom is -0.481 e. The second-order valence-corrected chi connectivity index (χ2v) is 5.24. The van der Waals surface area contributed by atoms with Gasteiger partial charge in [0.2, 0.25) is 5.91 Å². The normalized spacial score (nSPS) is 11.9. The van der Waals surface area contributed by atoms with Crippen molar-refractivity contribution >= 4 is 33.5 Å². The summed E-state index contributed by atoms with van der Waals surface area (Å²) in [5.41, 5.74) is 6.49. The highest BCUT2D eigenvalue weighted by Gasteiger charge is 2.08. The molecule has 1 aromatic rings. The van der Waals surface area contributed by atoms with Crippen LogP contribution in [0.15, 0.2) is 22.7 Å². The van der Waals surface area contributed by atoms with Gasteiger partial charge in [0, 0.05) is 28.2 Å². The van der Waals surface area contributed by atoms with Crippen molar-refractivity contribution in [3.8, 4) is 0 Å². The molecule has 0 aliphatic carbocycles. The van der Waals surface area contributed by atoms with Gasteiger partial charge in [-0.2, -0.15) is 0 Å². The zero-order chi connectivity index (χ0) is 14.4. The van der Waals surface area contributed by atoms with Crippen molar-refractivity contribution in [3.63, 3.8) is 0 Å². The molecule has 1 aromatic carbocycles. The van der Waals surface area contributed by atoms with Crippen LogP contribution in [0.5, 0.6) is 0 Å². The Kier molecular flexibility index (Phi) is 5.82. The van der Waals surface area contributed by atoms with Gasteiger partial charge >= 0.3 is 5.97 Å².